The van der Waals surface area contributed by atoms with Gasteiger partial charge in [-0.1, -0.05) is 19.1 Å². The van der Waals surface area contributed by atoms with Crippen LogP contribution in [0.5, 0.6) is 0 Å². The Morgan fingerprint density at radius 2 is 2.00 bits per heavy atom. The van der Waals surface area contributed by atoms with Crippen LogP contribution < -0.4 is 16.5 Å². The Balaban J connectivity index is 1.83. The number of nitrogens with one attached hydrogen (secondary N) is 2. The molecular weight excluding hydrogens is 411 g/mol. The van der Waals surface area contributed by atoms with Gasteiger partial charge in [0.15, 0.2) is 0 Å². The number of halogens is 3. The second kappa shape index (κ2) is 8.54. The van der Waals surface area contributed by atoms with E-state index >= 15 is 0 Å². The summed E-state index contributed by atoms with van der Waals surface area (Å²) in [6.45, 7) is 4.28. The number of carbonyl (C=O) groups is 2. The van der Waals surface area contributed by atoms with Gasteiger partial charge < -0.3 is 11.1 Å². The lowest BCUT2D eigenvalue weighted by Gasteiger charge is -2.47. The van der Waals surface area contributed by atoms with Crippen molar-refractivity contribution in [3.8, 4) is 0 Å². The van der Waals surface area contributed by atoms with Crippen LogP contribution in [0.4, 0.5) is 23.7 Å². The van der Waals surface area contributed by atoms with Crippen molar-refractivity contribution in [3.63, 3.8) is 0 Å². The van der Waals surface area contributed by atoms with Gasteiger partial charge in [-0.2, -0.15) is 13.2 Å². The Kier molecular flexibility index (Phi) is 6.21. The first-order valence-corrected chi connectivity index (χ1v) is 9.77. The third-order valence-corrected chi connectivity index (χ3v) is 5.54. The number of pyridine rings is 1. The number of piperidine rings is 1. The number of hydrogen-bond donors (Lipinski definition) is 3. The van der Waals surface area contributed by atoms with Gasteiger partial charge in [-0.05, 0) is 49.4 Å². The van der Waals surface area contributed by atoms with Crippen molar-refractivity contribution < 1.29 is 22.8 Å². The summed E-state index contributed by atoms with van der Waals surface area (Å²) in [5.74, 6) is -0.447. The first-order valence-electron chi connectivity index (χ1n) is 9.77. The molecule has 4 N–H and O–H groups in total. The molecule has 31 heavy (non-hydrogen) atoms. The minimum atomic E-state index is -4.46. The van der Waals surface area contributed by atoms with E-state index in [1.807, 2.05) is 13.8 Å². The molecule has 1 aromatic carbocycles. The number of nitrogens with zero attached hydrogens (tertiary/aromatic N) is 2. The molecule has 166 valence electrons. The maximum Gasteiger partial charge on any atom is 0.416 e. The van der Waals surface area contributed by atoms with Crippen LogP contribution in [-0.2, 0) is 11.7 Å². The number of alkyl halides is 3. The van der Waals surface area contributed by atoms with E-state index in [0.717, 1.165) is 18.6 Å². The Morgan fingerprint density at radius 3 is 2.68 bits per heavy atom. The molecule has 10 heteroatoms. The van der Waals surface area contributed by atoms with Crippen LogP contribution in [0.15, 0.2) is 42.7 Å². The van der Waals surface area contributed by atoms with Crippen LogP contribution in [0.3, 0.4) is 0 Å². The number of nitrogens with two attached hydrogens (primary N) is 1. The second-order valence-corrected chi connectivity index (χ2v) is 8.00. The zero-order valence-corrected chi connectivity index (χ0v) is 17.2. The van der Waals surface area contributed by atoms with E-state index in [4.69, 9.17) is 5.73 Å². The topological polar surface area (TPSA) is 100 Å². The van der Waals surface area contributed by atoms with Crippen molar-refractivity contribution in [1.29, 1.82) is 0 Å². The number of carbonyl (C=O) groups excluding carboxylic acids is 2. The number of amides is 3. The van der Waals surface area contributed by atoms with Crippen LogP contribution >= 0.6 is 0 Å². The molecule has 1 aromatic heterocycles. The highest BCUT2D eigenvalue weighted by Crippen LogP contribution is 2.40. The lowest BCUT2D eigenvalue weighted by atomic mass is 9.80. The van der Waals surface area contributed by atoms with Gasteiger partial charge in [0, 0.05) is 12.7 Å². The standard InChI is InChI=1S/C21H24F3N5O2/c1-13-6-7-20(2,15-4-3-5-16(9-15)21(22,23)24)29(12-13)28-19(31)27-17-8-14(18(25)30)10-26-11-17/h3-5,8-11,13H,6-7,12H2,1-2H3,(H2,25,30)(H2,27,28,31)/t13-,20?/m0/s1. The monoisotopic (exact) mass is 435 g/mol. The van der Waals surface area contributed by atoms with Crippen molar-refractivity contribution in [3.05, 3.63) is 59.4 Å². The number of primary amides is 1. The number of urea groups is 1. The Morgan fingerprint density at radius 1 is 1.26 bits per heavy atom. The minimum absolute atomic E-state index is 0.137. The summed E-state index contributed by atoms with van der Waals surface area (Å²) < 4.78 is 39.7. The van der Waals surface area contributed by atoms with E-state index in [-0.39, 0.29) is 17.2 Å². The van der Waals surface area contributed by atoms with Crippen molar-refractivity contribution in [2.45, 2.75) is 38.4 Å². The van der Waals surface area contributed by atoms with Gasteiger partial charge in [0.1, 0.15) is 0 Å². The van der Waals surface area contributed by atoms with Crippen molar-refractivity contribution in [2.75, 3.05) is 11.9 Å². The van der Waals surface area contributed by atoms with Crippen LogP contribution in [-0.4, -0.2) is 28.5 Å². The fourth-order valence-electron chi connectivity index (χ4n) is 3.69. The third kappa shape index (κ3) is 5.13. The molecule has 7 nitrogen and oxygen atoms in total. The molecule has 1 aliphatic heterocycles. The quantitative estimate of drug-likeness (QED) is 0.678. The maximum atomic E-state index is 13.2. The smallest absolute Gasteiger partial charge is 0.366 e. The Hall–Kier alpha value is -3.14. The fourth-order valence-corrected chi connectivity index (χ4v) is 3.69. The SMILES string of the molecule is C[C@H]1CCC(C)(c2cccc(C(F)(F)F)c2)N(NC(=O)Nc2cncc(C(N)=O)c2)C1. The molecule has 0 spiro atoms. The summed E-state index contributed by atoms with van der Waals surface area (Å²) in [6, 6.07) is 5.96. The fraction of sp³-hybridized carbons (Fsp3) is 0.381. The molecule has 1 saturated heterocycles. The normalized spacial score (nSPS) is 22.0. The average Bonchev–Trinajstić information content (AvgIpc) is 2.70. The van der Waals surface area contributed by atoms with Crippen molar-refractivity contribution in [2.24, 2.45) is 11.7 Å². The first kappa shape index (κ1) is 22.5. The lowest BCUT2D eigenvalue weighted by Crippen LogP contribution is -2.58. The van der Waals surface area contributed by atoms with Crippen LogP contribution in [0.1, 0.15) is 48.2 Å². The van der Waals surface area contributed by atoms with Crippen molar-refractivity contribution >= 4 is 17.6 Å². The zero-order valence-electron chi connectivity index (χ0n) is 17.2. The van der Waals surface area contributed by atoms with Crippen LogP contribution in [0.25, 0.3) is 0 Å². The van der Waals surface area contributed by atoms with Crippen LogP contribution in [0.2, 0.25) is 0 Å². The summed E-state index contributed by atoms with van der Waals surface area (Å²) in [7, 11) is 0. The van der Waals surface area contributed by atoms with Gasteiger partial charge in [-0.25, -0.2) is 9.80 Å². The zero-order chi connectivity index (χ0) is 22.8. The number of hydrogen-bond acceptors (Lipinski definition) is 4. The van der Waals surface area contributed by atoms with Gasteiger partial charge in [-0.3, -0.25) is 15.2 Å². The number of rotatable bonds is 4. The average molecular weight is 435 g/mol. The molecule has 0 aliphatic carbocycles. The van der Waals surface area contributed by atoms with Gasteiger partial charge in [0.05, 0.1) is 28.6 Å². The predicted octanol–water partition coefficient (Wildman–Crippen LogP) is 3.88. The molecule has 0 radical (unpaired) electrons. The summed E-state index contributed by atoms with van der Waals surface area (Å²) in [6.07, 6.45) is -0.451. The first-order chi connectivity index (χ1) is 14.5. The summed E-state index contributed by atoms with van der Waals surface area (Å²) in [5, 5.41) is 4.25. The van der Waals surface area contributed by atoms with E-state index < -0.39 is 29.2 Å². The molecule has 3 amide bonds. The molecule has 3 rings (SSSR count). The number of aromatic nitrogens is 1. The second-order valence-electron chi connectivity index (χ2n) is 8.00. The van der Waals surface area contributed by atoms with Crippen LogP contribution in [0, 0.1) is 5.92 Å². The van der Waals surface area contributed by atoms with Gasteiger partial charge in [0.2, 0.25) is 5.91 Å². The molecule has 0 saturated carbocycles. The molecular formula is C21H24F3N5O2. The minimum Gasteiger partial charge on any atom is -0.366 e. The molecule has 1 fully saturated rings. The highest BCUT2D eigenvalue weighted by Gasteiger charge is 2.41. The molecule has 0 bridgehead atoms. The van der Waals surface area contributed by atoms with E-state index in [2.05, 4.69) is 15.7 Å². The molecule has 2 heterocycles. The lowest BCUT2D eigenvalue weighted by molar-refractivity contribution is -0.137. The highest BCUT2D eigenvalue weighted by atomic mass is 19.4. The summed E-state index contributed by atoms with van der Waals surface area (Å²) in [5.41, 5.74) is 7.27. The molecule has 1 aliphatic rings. The summed E-state index contributed by atoms with van der Waals surface area (Å²) >= 11 is 0. The van der Waals surface area contributed by atoms with Gasteiger partial charge in [0.25, 0.3) is 0 Å². The van der Waals surface area contributed by atoms with Gasteiger partial charge >= 0.3 is 12.2 Å². The molecule has 2 atom stereocenters. The number of anilines is 1. The Bertz CT molecular complexity index is 981. The Labute approximate surface area is 177 Å². The van der Waals surface area contributed by atoms with E-state index in [9.17, 15) is 22.8 Å². The van der Waals surface area contributed by atoms with E-state index in [0.29, 0.717) is 18.5 Å². The number of benzene rings is 1. The van der Waals surface area contributed by atoms with E-state index in [1.165, 1.54) is 24.5 Å². The highest BCUT2D eigenvalue weighted by molar-refractivity contribution is 5.95. The number of hydrazine groups is 1. The van der Waals surface area contributed by atoms with E-state index in [1.54, 1.807) is 11.1 Å². The third-order valence-electron chi connectivity index (χ3n) is 5.54. The largest absolute Gasteiger partial charge is 0.416 e. The summed E-state index contributed by atoms with van der Waals surface area (Å²) in [4.78, 5) is 27.8. The van der Waals surface area contributed by atoms with Crippen molar-refractivity contribution in [1.82, 2.24) is 15.4 Å². The molecule has 2 aromatic rings. The van der Waals surface area contributed by atoms with Gasteiger partial charge in [-0.15, -0.1) is 0 Å². The maximum absolute atomic E-state index is 13.2. The molecule has 1 unspecified atom stereocenters. The predicted molar refractivity (Wildman–Crippen MR) is 109 cm³/mol.